The molecule has 15 heavy (non-hydrogen) atoms. The fourth-order valence-corrected chi connectivity index (χ4v) is 2.10. The standard InChI is InChI=1S/C11H23N3O/c1-4-12-11(15)14-7-5-10(6-8-14)9-13(2)3/h10H,4-9H2,1-3H3,(H,12,15). The van der Waals surface area contributed by atoms with Crippen LogP contribution >= 0.6 is 0 Å². The smallest absolute Gasteiger partial charge is 0.317 e. The maximum absolute atomic E-state index is 11.5. The summed E-state index contributed by atoms with van der Waals surface area (Å²) in [7, 11) is 4.21. The SMILES string of the molecule is CCNC(=O)N1CCC(CN(C)C)CC1. The van der Waals surface area contributed by atoms with Gasteiger partial charge in [0.15, 0.2) is 0 Å². The first-order valence-corrected chi connectivity index (χ1v) is 5.81. The van der Waals surface area contributed by atoms with E-state index in [2.05, 4.69) is 24.3 Å². The predicted octanol–water partition coefficient (Wildman–Crippen LogP) is 0.990. The minimum atomic E-state index is 0.0980. The van der Waals surface area contributed by atoms with Gasteiger partial charge in [0.2, 0.25) is 0 Å². The van der Waals surface area contributed by atoms with Crippen molar-refractivity contribution in [3.05, 3.63) is 0 Å². The molecule has 1 aliphatic heterocycles. The molecule has 0 aliphatic carbocycles. The predicted molar refractivity (Wildman–Crippen MR) is 61.9 cm³/mol. The Hall–Kier alpha value is -0.770. The molecule has 88 valence electrons. The highest BCUT2D eigenvalue weighted by molar-refractivity contribution is 5.74. The van der Waals surface area contributed by atoms with E-state index in [1.165, 1.54) is 0 Å². The van der Waals surface area contributed by atoms with Crippen molar-refractivity contribution >= 4 is 6.03 Å². The summed E-state index contributed by atoms with van der Waals surface area (Å²) in [6.45, 7) is 5.63. The van der Waals surface area contributed by atoms with Crippen LogP contribution in [0.5, 0.6) is 0 Å². The third-order valence-corrected chi connectivity index (χ3v) is 2.85. The van der Waals surface area contributed by atoms with Gasteiger partial charge in [-0.05, 0) is 39.8 Å². The molecule has 0 aromatic carbocycles. The Labute approximate surface area is 92.6 Å². The molecule has 1 N–H and O–H groups in total. The van der Waals surface area contributed by atoms with Gasteiger partial charge in [0.05, 0.1) is 0 Å². The van der Waals surface area contributed by atoms with Crippen LogP contribution in [-0.2, 0) is 0 Å². The number of likely N-dealkylation sites (tertiary alicyclic amines) is 1. The van der Waals surface area contributed by atoms with Crippen LogP contribution in [0.4, 0.5) is 4.79 Å². The normalized spacial score (nSPS) is 18.3. The molecule has 1 rings (SSSR count). The number of amides is 2. The van der Waals surface area contributed by atoms with Gasteiger partial charge in [-0.1, -0.05) is 0 Å². The molecule has 0 unspecified atom stereocenters. The largest absolute Gasteiger partial charge is 0.338 e. The molecule has 1 aliphatic rings. The third-order valence-electron chi connectivity index (χ3n) is 2.85. The number of urea groups is 1. The van der Waals surface area contributed by atoms with Crippen molar-refractivity contribution in [2.24, 2.45) is 5.92 Å². The summed E-state index contributed by atoms with van der Waals surface area (Å²) < 4.78 is 0. The lowest BCUT2D eigenvalue weighted by atomic mass is 9.97. The van der Waals surface area contributed by atoms with Gasteiger partial charge in [0.1, 0.15) is 0 Å². The summed E-state index contributed by atoms with van der Waals surface area (Å²) in [4.78, 5) is 15.7. The topological polar surface area (TPSA) is 35.6 Å². The molecular weight excluding hydrogens is 190 g/mol. The Bertz CT molecular complexity index is 198. The Morgan fingerprint density at radius 3 is 2.47 bits per heavy atom. The van der Waals surface area contributed by atoms with E-state index in [4.69, 9.17) is 0 Å². The summed E-state index contributed by atoms with van der Waals surface area (Å²) in [5.41, 5.74) is 0. The number of nitrogens with zero attached hydrogens (tertiary/aromatic N) is 2. The van der Waals surface area contributed by atoms with Gasteiger partial charge in [0, 0.05) is 26.2 Å². The number of carbonyl (C=O) groups excluding carboxylic acids is 1. The van der Waals surface area contributed by atoms with Crippen molar-refractivity contribution in [1.29, 1.82) is 0 Å². The second-order valence-electron chi connectivity index (χ2n) is 4.53. The van der Waals surface area contributed by atoms with Crippen LogP contribution in [-0.4, -0.2) is 56.1 Å². The first-order chi connectivity index (χ1) is 7.13. The van der Waals surface area contributed by atoms with E-state index in [1.54, 1.807) is 0 Å². The molecule has 2 amide bonds. The van der Waals surface area contributed by atoms with Gasteiger partial charge in [-0.25, -0.2) is 4.79 Å². The van der Waals surface area contributed by atoms with Gasteiger partial charge in [0.25, 0.3) is 0 Å². The van der Waals surface area contributed by atoms with Crippen molar-refractivity contribution in [2.75, 3.05) is 40.3 Å². The van der Waals surface area contributed by atoms with Crippen molar-refractivity contribution in [2.45, 2.75) is 19.8 Å². The number of nitrogens with one attached hydrogen (secondary N) is 1. The molecule has 0 bridgehead atoms. The van der Waals surface area contributed by atoms with Crippen molar-refractivity contribution < 1.29 is 4.79 Å². The molecule has 0 radical (unpaired) electrons. The van der Waals surface area contributed by atoms with Crippen molar-refractivity contribution in [3.63, 3.8) is 0 Å². The highest BCUT2D eigenvalue weighted by Gasteiger charge is 2.22. The van der Waals surface area contributed by atoms with Crippen LogP contribution < -0.4 is 5.32 Å². The second-order valence-corrected chi connectivity index (χ2v) is 4.53. The zero-order chi connectivity index (χ0) is 11.3. The molecule has 1 fully saturated rings. The number of hydrogen-bond donors (Lipinski definition) is 1. The van der Waals surface area contributed by atoms with Crippen LogP contribution in [0.15, 0.2) is 0 Å². The van der Waals surface area contributed by atoms with E-state index in [0.29, 0.717) is 0 Å². The number of hydrogen-bond acceptors (Lipinski definition) is 2. The van der Waals surface area contributed by atoms with Gasteiger partial charge in [-0.15, -0.1) is 0 Å². The summed E-state index contributed by atoms with van der Waals surface area (Å²) in [5, 5.41) is 2.85. The Morgan fingerprint density at radius 2 is 2.00 bits per heavy atom. The number of piperidine rings is 1. The zero-order valence-corrected chi connectivity index (χ0v) is 10.1. The van der Waals surface area contributed by atoms with E-state index >= 15 is 0 Å². The maximum atomic E-state index is 11.5. The Balaban J connectivity index is 2.26. The average Bonchev–Trinajstić information content (AvgIpc) is 2.18. The lowest BCUT2D eigenvalue weighted by molar-refractivity contribution is 0.160. The third kappa shape index (κ3) is 4.08. The van der Waals surface area contributed by atoms with E-state index in [9.17, 15) is 4.79 Å². The Kier molecular flexibility index (Phi) is 4.88. The monoisotopic (exact) mass is 213 g/mol. The highest BCUT2D eigenvalue weighted by Crippen LogP contribution is 2.17. The van der Waals surface area contributed by atoms with Gasteiger partial charge in [-0.3, -0.25) is 0 Å². The summed E-state index contributed by atoms with van der Waals surface area (Å²) in [6.07, 6.45) is 2.27. The molecule has 0 spiro atoms. The van der Waals surface area contributed by atoms with Gasteiger partial charge in [-0.2, -0.15) is 0 Å². The second kappa shape index (κ2) is 5.95. The summed E-state index contributed by atoms with van der Waals surface area (Å²) >= 11 is 0. The average molecular weight is 213 g/mol. The van der Waals surface area contributed by atoms with E-state index in [1.807, 2.05) is 11.8 Å². The molecule has 1 heterocycles. The summed E-state index contributed by atoms with van der Waals surface area (Å²) in [6, 6.07) is 0.0980. The quantitative estimate of drug-likeness (QED) is 0.759. The zero-order valence-electron chi connectivity index (χ0n) is 10.1. The van der Waals surface area contributed by atoms with E-state index in [0.717, 1.165) is 44.9 Å². The van der Waals surface area contributed by atoms with Crippen LogP contribution in [0.2, 0.25) is 0 Å². The molecule has 4 nitrogen and oxygen atoms in total. The van der Waals surface area contributed by atoms with Gasteiger partial charge >= 0.3 is 6.03 Å². The lowest BCUT2D eigenvalue weighted by Gasteiger charge is -2.33. The fourth-order valence-electron chi connectivity index (χ4n) is 2.10. The highest BCUT2D eigenvalue weighted by atomic mass is 16.2. The fraction of sp³-hybridized carbons (Fsp3) is 0.909. The molecule has 1 saturated heterocycles. The van der Waals surface area contributed by atoms with E-state index in [-0.39, 0.29) is 6.03 Å². The van der Waals surface area contributed by atoms with Crippen LogP contribution in [0.25, 0.3) is 0 Å². The first kappa shape index (κ1) is 12.3. The first-order valence-electron chi connectivity index (χ1n) is 5.81. The van der Waals surface area contributed by atoms with Crippen LogP contribution in [0.3, 0.4) is 0 Å². The van der Waals surface area contributed by atoms with Crippen LogP contribution in [0, 0.1) is 5.92 Å². The molecule has 0 saturated carbocycles. The van der Waals surface area contributed by atoms with Crippen LogP contribution in [0.1, 0.15) is 19.8 Å². The van der Waals surface area contributed by atoms with Crippen molar-refractivity contribution in [3.8, 4) is 0 Å². The molecule has 0 atom stereocenters. The van der Waals surface area contributed by atoms with Crippen molar-refractivity contribution in [1.82, 2.24) is 15.1 Å². The Morgan fingerprint density at radius 1 is 1.40 bits per heavy atom. The number of rotatable bonds is 3. The molecular formula is C11H23N3O. The maximum Gasteiger partial charge on any atom is 0.317 e. The summed E-state index contributed by atoms with van der Waals surface area (Å²) in [5.74, 6) is 0.755. The molecule has 4 heteroatoms. The molecule has 0 aromatic heterocycles. The lowest BCUT2D eigenvalue weighted by Crippen LogP contribution is -2.45. The van der Waals surface area contributed by atoms with E-state index < -0.39 is 0 Å². The minimum absolute atomic E-state index is 0.0980. The minimum Gasteiger partial charge on any atom is -0.338 e. The number of carbonyl (C=O) groups is 1. The van der Waals surface area contributed by atoms with Gasteiger partial charge < -0.3 is 15.1 Å². The molecule has 0 aromatic rings.